The van der Waals surface area contributed by atoms with Gasteiger partial charge >= 0.3 is 12.1 Å². The van der Waals surface area contributed by atoms with E-state index in [1.807, 2.05) is 0 Å². The van der Waals surface area contributed by atoms with Crippen molar-refractivity contribution >= 4 is 17.8 Å². The fraction of sp³-hybridized carbons (Fsp3) is 0.409. The van der Waals surface area contributed by atoms with Crippen molar-refractivity contribution in [2.45, 2.75) is 39.4 Å². The maximum atomic E-state index is 13.0. The highest BCUT2D eigenvalue weighted by atomic mass is 19.4. The second kappa shape index (κ2) is 10.1. The van der Waals surface area contributed by atoms with Gasteiger partial charge in [-0.15, -0.1) is 0 Å². The molecule has 0 fully saturated rings. The second-order valence-corrected chi connectivity index (χ2v) is 8.58. The van der Waals surface area contributed by atoms with Crippen LogP contribution in [-0.2, 0) is 20.5 Å². The van der Waals surface area contributed by atoms with E-state index in [1.54, 1.807) is 20.8 Å². The maximum absolute atomic E-state index is 13.0. The zero-order chi connectivity index (χ0) is 25.8. The summed E-state index contributed by atoms with van der Waals surface area (Å²) >= 11 is 0. The number of aryl methyl sites for hydroxylation is 1. The summed E-state index contributed by atoms with van der Waals surface area (Å²) < 4.78 is 45.0. The first-order valence-corrected chi connectivity index (χ1v) is 10.1. The molecule has 9 nitrogen and oxygen atoms in total. The SMILES string of the molecule is Cc1cc(=O)c(C(=O)OCC(=O)N(C)CC(=O)NC(C)(C)C)nn1-c1cccc(C(F)(F)F)c1. The zero-order valence-corrected chi connectivity index (χ0v) is 19.3. The van der Waals surface area contributed by atoms with Crippen LogP contribution >= 0.6 is 0 Å². The summed E-state index contributed by atoms with van der Waals surface area (Å²) in [7, 11) is 1.34. The molecular formula is C22H25F3N4O5. The molecule has 2 rings (SSSR count). The number of carbonyl (C=O) groups is 3. The standard InChI is InChI=1S/C22H25F3N4O5/c1-13-9-16(30)19(27-29(13)15-8-6-7-14(10-15)22(23,24)25)20(33)34-12-18(32)28(5)11-17(31)26-21(2,3)4/h6-10H,11-12H2,1-5H3,(H,26,31). The van der Waals surface area contributed by atoms with Gasteiger partial charge in [0.2, 0.25) is 17.0 Å². The van der Waals surface area contributed by atoms with Gasteiger partial charge in [0.05, 0.1) is 17.8 Å². The fourth-order valence-electron chi connectivity index (χ4n) is 2.83. The number of alkyl halides is 3. The highest BCUT2D eigenvalue weighted by Crippen LogP contribution is 2.30. The average Bonchev–Trinajstić information content (AvgIpc) is 2.69. The highest BCUT2D eigenvalue weighted by Gasteiger charge is 2.31. The van der Waals surface area contributed by atoms with Crippen LogP contribution in [0.2, 0.25) is 0 Å². The summed E-state index contributed by atoms with van der Waals surface area (Å²) in [6.45, 7) is 5.71. The Balaban J connectivity index is 2.16. The van der Waals surface area contributed by atoms with E-state index in [1.165, 1.54) is 26.1 Å². The van der Waals surface area contributed by atoms with Crippen LogP contribution in [0.4, 0.5) is 13.2 Å². The second-order valence-electron chi connectivity index (χ2n) is 8.58. The number of benzene rings is 1. The highest BCUT2D eigenvalue weighted by molar-refractivity contribution is 5.90. The number of hydrogen-bond donors (Lipinski definition) is 1. The third-order valence-corrected chi connectivity index (χ3v) is 4.37. The normalized spacial score (nSPS) is 11.6. The first-order valence-electron chi connectivity index (χ1n) is 10.1. The first kappa shape index (κ1) is 26.6. The summed E-state index contributed by atoms with van der Waals surface area (Å²) in [5, 5.41) is 6.53. The van der Waals surface area contributed by atoms with Crippen molar-refractivity contribution in [3.63, 3.8) is 0 Å². The van der Waals surface area contributed by atoms with E-state index >= 15 is 0 Å². The van der Waals surface area contributed by atoms with E-state index < -0.39 is 52.8 Å². The van der Waals surface area contributed by atoms with Gasteiger partial charge < -0.3 is 15.0 Å². The van der Waals surface area contributed by atoms with Gasteiger partial charge in [-0.05, 0) is 45.9 Å². The molecule has 184 valence electrons. The number of nitrogens with zero attached hydrogens (tertiary/aromatic N) is 3. The minimum Gasteiger partial charge on any atom is -0.451 e. The van der Waals surface area contributed by atoms with Crippen LogP contribution in [0.15, 0.2) is 35.1 Å². The van der Waals surface area contributed by atoms with E-state index in [2.05, 4.69) is 10.4 Å². The molecule has 12 heteroatoms. The molecule has 1 aromatic heterocycles. The fourth-order valence-corrected chi connectivity index (χ4v) is 2.83. The molecule has 0 bridgehead atoms. The largest absolute Gasteiger partial charge is 0.451 e. The van der Waals surface area contributed by atoms with Gasteiger partial charge in [0.15, 0.2) is 6.61 Å². The minimum absolute atomic E-state index is 0.0259. The molecule has 0 spiro atoms. The lowest BCUT2D eigenvalue weighted by molar-refractivity contribution is -0.137. The lowest BCUT2D eigenvalue weighted by atomic mass is 10.1. The summed E-state index contributed by atoms with van der Waals surface area (Å²) in [6.07, 6.45) is -4.60. The average molecular weight is 482 g/mol. The third kappa shape index (κ3) is 7.15. The Morgan fingerprint density at radius 3 is 2.38 bits per heavy atom. The van der Waals surface area contributed by atoms with E-state index in [0.717, 1.165) is 27.8 Å². The van der Waals surface area contributed by atoms with Crippen molar-refractivity contribution in [2.75, 3.05) is 20.2 Å². The molecule has 0 atom stereocenters. The van der Waals surface area contributed by atoms with Gasteiger partial charge in [-0.25, -0.2) is 9.48 Å². The summed E-state index contributed by atoms with van der Waals surface area (Å²) in [6, 6.07) is 5.21. The molecule has 0 unspecified atom stereocenters. The monoisotopic (exact) mass is 482 g/mol. The van der Waals surface area contributed by atoms with E-state index in [9.17, 15) is 32.3 Å². The van der Waals surface area contributed by atoms with Crippen molar-refractivity contribution in [3.05, 3.63) is 57.5 Å². The van der Waals surface area contributed by atoms with Crippen molar-refractivity contribution < 1.29 is 32.3 Å². The molecule has 0 saturated heterocycles. The van der Waals surface area contributed by atoms with Crippen molar-refractivity contribution in [1.29, 1.82) is 0 Å². The molecule has 2 aromatic rings. The van der Waals surface area contributed by atoms with Crippen LogP contribution in [0.1, 0.15) is 42.5 Å². The molecule has 0 radical (unpaired) electrons. The summed E-state index contributed by atoms with van der Waals surface area (Å²) in [5.41, 5.74) is -2.80. The predicted octanol–water partition coefficient (Wildman–Crippen LogP) is 2.09. The van der Waals surface area contributed by atoms with Crippen molar-refractivity contribution in [2.24, 2.45) is 0 Å². The molecule has 0 aliphatic rings. The first-order chi connectivity index (χ1) is 15.6. The molecule has 0 aliphatic heterocycles. The zero-order valence-electron chi connectivity index (χ0n) is 19.3. The van der Waals surface area contributed by atoms with Gasteiger partial charge in [0.1, 0.15) is 0 Å². The number of ether oxygens (including phenoxy) is 1. The number of aromatic nitrogens is 2. The summed E-state index contributed by atoms with van der Waals surface area (Å²) in [4.78, 5) is 49.8. The maximum Gasteiger partial charge on any atom is 0.416 e. The number of likely N-dealkylation sites (N-methyl/N-ethyl adjacent to an activating group) is 1. The topological polar surface area (TPSA) is 111 Å². The number of carbonyl (C=O) groups excluding carboxylic acids is 3. The van der Waals surface area contributed by atoms with Crippen molar-refractivity contribution in [3.8, 4) is 5.69 Å². The lowest BCUT2D eigenvalue weighted by Crippen LogP contribution is -2.47. The molecule has 2 amide bonds. The number of nitrogens with one attached hydrogen (secondary N) is 1. The molecule has 0 aliphatic carbocycles. The van der Waals surface area contributed by atoms with Crippen LogP contribution in [0.3, 0.4) is 0 Å². The number of halogens is 3. The molecule has 1 N–H and O–H groups in total. The quantitative estimate of drug-likeness (QED) is 0.632. The minimum atomic E-state index is -4.60. The van der Waals surface area contributed by atoms with Crippen LogP contribution in [0.5, 0.6) is 0 Å². The van der Waals surface area contributed by atoms with Gasteiger partial charge in [0.25, 0.3) is 5.91 Å². The Labute approximate surface area is 193 Å². The lowest BCUT2D eigenvalue weighted by Gasteiger charge is -2.23. The van der Waals surface area contributed by atoms with Crippen LogP contribution in [0, 0.1) is 6.92 Å². The Morgan fingerprint density at radius 2 is 1.79 bits per heavy atom. The third-order valence-electron chi connectivity index (χ3n) is 4.37. The Morgan fingerprint density at radius 1 is 1.15 bits per heavy atom. The van der Waals surface area contributed by atoms with Crippen LogP contribution < -0.4 is 10.7 Å². The predicted molar refractivity (Wildman–Crippen MR) is 115 cm³/mol. The van der Waals surface area contributed by atoms with Crippen molar-refractivity contribution in [1.82, 2.24) is 20.0 Å². The molecular weight excluding hydrogens is 457 g/mol. The molecule has 0 saturated carbocycles. The molecule has 1 aromatic carbocycles. The van der Waals surface area contributed by atoms with Gasteiger partial charge in [-0.1, -0.05) is 6.07 Å². The Kier molecular flexibility index (Phi) is 7.86. The molecule has 34 heavy (non-hydrogen) atoms. The number of amides is 2. The number of hydrogen-bond acceptors (Lipinski definition) is 6. The van der Waals surface area contributed by atoms with Gasteiger partial charge in [0, 0.05) is 24.3 Å². The Hall–Kier alpha value is -3.70. The van der Waals surface area contributed by atoms with Gasteiger partial charge in [-0.2, -0.15) is 18.3 Å². The van der Waals surface area contributed by atoms with E-state index in [4.69, 9.17) is 4.74 Å². The Bertz CT molecular complexity index is 1150. The van der Waals surface area contributed by atoms with Crippen LogP contribution in [0.25, 0.3) is 5.69 Å². The number of rotatable bonds is 6. The smallest absolute Gasteiger partial charge is 0.416 e. The van der Waals surface area contributed by atoms with E-state index in [-0.39, 0.29) is 17.9 Å². The van der Waals surface area contributed by atoms with Crippen LogP contribution in [-0.4, -0.2) is 58.2 Å². The summed E-state index contributed by atoms with van der Waals surface area (Å²) in [5.74, 6) is -2.35. The molecule has 1 heterocycles. The number of esters is 1. The van der Waals surface area contributed by atoms with Gasteiger partial charge in [-0.3, -0.25) is 14.4 Å². The van der Waals surface area contributed by atoms with E-state index in [0.29, 0.717) is 0 Å².